The van der Waals surface area contributed by atoms with E-state index in [1.54, 1.807) is 6.08 Å². The molecule has 0 heterocycles. The summed E-state index contributed by atoms with van der Waals surface area (Å²) < 4.78 is 5.02. The van der Waals surface area contributed by atoms with Crippen LogP contribution in [0, 0.1) is 0 Å². The fraction of sp³-hybridized carbons (Fsp3) is 0.714. The van der Waals surface area contributed by atoms with Crippen molar-refractivity contribution in [2.75, 3.05) is 13.2 Å². The SMILES string of the molecule is C=CC(C)OCC(O)CO. The predicted molar refractivity (Wildman–Crippen MR) is 38.7 cm³/mol. The van der Waals surface area contributed by atoms with Gasteiger partial charge >= 0.3 is 0 Å². The van der Waals surface area contributed by atoms with E-state index in [1.807, 2.05) is 6.92 Å². The van der Waals surface area contributed by atoms with E-state index in [4.69, 9.17) is 14.9 Å². The standard InChI is InChI=1S/C7H14O3/c1-3-6(2)10-5-7(9)4-8/h3,6-9H,1,4-5H2,2H3. The summed E-state index contributed by atoms with van der Waals surface area (Å²) in [4.78, 5) is 0. The molecule has 0 amide bonds. The zero-order valence-corrected chi connectivity index (χ0v) is 6.16. The maximum absolute atomic E-state index is 8.79. The van der Waals surface area contributed by atoms with Crippen molar-refractivity contribution in [1.82, 2.24) is 0 Å². The minimum atomic E-state index is -0.776. The maximum atomic E-state index is 8.79. The van der Waals surface area contributed by atoms with Crippen LogP contribution in [0.4, 0.5) is 0 Å². The second kappa shape index (κ2) is 5.41. The minimum absolute atomic E-state index is 0.0683. The third-order valence-corrected chi connectivity index (χ3v) is 1.09. The average Bonchev–Trinajstić information content (AvgIpc) is 1.99. The van der Waals surface area contributed by atoms with Crippen LogP contribution >= 0.6 is 0 Å². The molecule has 0 spiro atoms. The van der Waals surface area contributed by atoms with E-state index >= 15 is 0 Å². The van der Waals surface area contributed by atoms with E-state index in [1.165, 1.54) is 0 Å². The van der Waals surface area contributed by atoms with Crippen molar-refractivity contribution < 1.29 is 14.9 Å². The van der Waals surface area contributed by atoms with Gasteiger partial charge in [0.25, 0.3) is 0 Å². The lowest BCUT2D eigenvalue weighted by Gasteiger charge is -2.10. The Morgan fingerprint density at radius 1 is 1.70 bits per heavy atom. The van der Waals surface area contributed by atoms with Gasteiger partial charge in [-0.25, -0.2) is 0 Å². The molecule has 0 rings (SSSR count). The van der Waals surface area contributed by atoms with Crippen LogP contribution in [0.1, 0.15) is 6.92 Å². The highest BCUT2D eigenvalue weighted by Gasteiger charge is 2.02. The van der Waals surface area contributed by atoms with Gasteiger partial charge in [-0.3, -0.25) is 0 Å². The highest BCUT2D eigenvalue weighted by molar-refractivity contribution is 4.75. The highest BCUT2D eigenvalue weighted by Crippen LogP contribution is 1.92. The molecule has 0 aromatic rings. The molecule has 0 aliphatic carbocycles. The molecule has 0 saturated heterocycles. The molecule has 0 aromatic carbocycles. The Morgan fingerprint density at radius 2 is 2.30 bits per heavy atom. The molecule has 0 radical (unpaired) electrons. The average molecular weight is 146 g/mol. The molecule has 2 atom stereocenters. The van der Waals surface area contributed by atoms with E-state index < -0.39 is 6.10 Å². The van der Waals surface area contributed by atoms with Crippen LogP contribution in [0.5, 0.6) is 0 Å². The van der Waals surface area contributed by atoms with Gasteiger partial charge in [0.2, 0.25) is 0 Å². The summed E-state index contributed by atoms with van der Waals surface area (Å²) in [5.41, 5.74) is 0. The molecule has 0 aliphatic rings. The summed E-state index contributed by atoms with van der Waals surface area (Å²) in [6.45, 7) is 5.21. The summed E-state index contributed by atoms with van der Waals surface area (Å²) in [5.74, 6) is 0. The number of hydrogen-bond acceptors (Lipinski definition) is 3. The Balaban J connectivity index is 3.25. The van der Waals surface area contributed by atoms with E-state index in [9.17, 15) is 0 Å². The van der Waals surface area contributed by atoms with Crippen LogP contribution in [0.3, 0.4) is 0 Å². The molecular weight excluding hydrogens is 132 g/mol. The smallest absolute Gasteiger partial charge is 0.100 e. The summed E-state index contributed by atoms with van der Waals surface area (Å²) in [7, 11) is 0. The van der Waals surface area contributed by atoms with Crippen molar-refractivity contribution in [3.05, 3.63) is 12.7 Å². The molecule has 2 unspecified atom stereocenters. The normalized spacial score (nSPS) is 16.3. The Hall–Kier alpha value is -0.380. The van der Waals surface area contributed by atoms with Gasteiger partial charge in [-0.2, -0.15) is 0 Å². The van der Waals surface area contributed by atoms with Crippen molar-refractivity contribution in [3.8, 4) is 0 Å². The van der Waals surface area contributed by atoms with Gasteiger partial charge in [-0.15, -0.1) is 6.58 Å². The number of rotatable bonds is 5. The second-order valence-corrected chi connectivity index (χ2v) is 2.11. The van der Waals surface area contributed by atoms with E-state index in [2.05, 4.69) is 6.58 Å². The van der Waals surface area contributed by atoms with E-state index in [0.717, 1.165) is 0 Å². The lowest BCUT2D eigenvalue weighted by Crippen LogP contribution is -2.21. The Bertz CT molecular complexity index is 92.9. The number of hydrogen-bond donors (Lipinski definition) is 2. The number of ether oxygens (including phenoxy) is 1. The van der Waals surface area contributed by atoms with Gasteiger partial charge < -0.3 is 14.9 Å². The third-order valence-electron chi connectivity index (χ3n) is 1.09. The van der Waals surface area contributed by atoms with Crippen molar-refractivity contribution in [2.45, 2.75) is 19.1 Å². The van der Waals surface area contributed by atoms with Crippen molar-refractivity contribution in [3.63, 3.8) is 0 Å². The number of aliphatic hydroxyl groups is 2. The molecule has 0 aromatic heterocycles. The first kappa shape index (κ1) is 9.62. The third kappa shape index (κ3) is 4.49. The van der Waals surface area contributed by atoms with E-state index in [-0.39, 0.29) is 19.3 Å². The molecule has 2 N–H and O–H groups in total. The number of aliphatic hydroxyl groups excluding tert-OH is 2. The van der Waals surface area contributed by atoms with Crippen LogP contribution in [-0.4, -0.2) is 35.6 Å². The van der Waals surface area contributed by atoms with Crippen LogP contribution in [0.2, 0.25) is 0 Å². The lowest BCUT2D eigenvalue weighted by atomic mass is 10.4. The molecule has 0 fully saturated rings. The quantitative estimate of drug-likeness (QED) is 0.534. The molecule has 60 valence electrons. The predicted octanol–water partition coefficient (Wildman–Crippen LogP) is -0.0693. The van der Waals surface area contributed by atoms with Crippen LogP contribution < -0.4 is 0 Å². The molecule has 0 saturated carbocycles. The van der Waals surface area contributed by atoms with E-state index in [0.29, 0.717) is 0 Å². The van der Waals surface area contributed by atoms with Gasteiger partial charge in [0.15, 0.2) is 0 Å². The van der Waals surface area contributed by atoms with Crippen LogP contribution in [0.15, 0.2) is 12.7 Å². The Labute approximate surface area is 60.9 Å². The molecule has 3 heteroatoms. The van der Waals surface area contributed by atoms with Crippen molar-refractivity contribution >= 4 is 0 Å². The second-order valence-electron chi connectivity index (χ2n) is 2.11. The molecule has 0 aliphatic heterocycles. The zero-order chi connectivity index (χ0) is 7.98. The fourth-order valence-corrected chi connectivity index (χ4v) is 0.384. The zero-order valence-electron chi connectivity index (χ0n) is 6.16. The summed E-state index contributed by atoms with van der Waals surface area (Å²) in [6.07, 6.45) is 0.785. The topological polar surface area (TPSA) is 49.7 Å². The molecular formula is C7H14O3. The monoisotopic (exact) mass is 146 g/mol. The van der Waals surface area contributed by atoms with Gasteiger partial charge in [0.05, 0.1) is 19.3 Å². The van der Waals surface area contributed by atoms with Crippen molar-refractivity contribution in [2.24, 2.45) is 0 Å². The fourth-order valence-electron chi connectivity index (χ4n) is 0.384. The largest absolute Gasteiger partial charge is 0.394 e. The molecule has 10 heavy (non-hydrogen) atoms. The minimum Gasteiger partial charge on any atom is -0.394 e. The summed E-state index contributed by atoms with van der Waals surface area (Å²) in [6, 6.07) is 0. The van der Waals surface area contributed by atoms with Crippen molar-refractivity contribution in [1.29, 1.82) is 0 Å². The Morgan fingerprint density at radius 3 is 2.70 bits per heavy atom. The molecule has 0 bridgehead atoms. The first-order valence-electron chi connectivity index (χ1n) is 3.23. The van der Waals surface area contributed by atoms with Crippen LogP contribution in [-0.2, 0) is 4.74 Å². The Kier molecular flexibility index (Phi) is 5.20. The maximum Gasteiger partial charge on any atom is 0.100 e. The first-order chi connectivity index (χ1) is 4.70. The van der Waals surface area contributed by atoms with Gasteiger partial charge in [0, 0.05) is 0 Å². The van der Waals surface area contributed by atoms with Gasteiger partial charge in [-0.05, 0) is 6.92 Å². The summed E-state index contributed by atoms with van der Waals surface area (Å²) >= 11 is 0. The van der Waals surface area contributed by atoms with Gasteiger partial charge in [-0.1, -0.05) is 6.08 Å². The highest BCUT2D eigenvalue weighted by atomic mass is 16.5. The lowest BCUT2D eigenvalue weighted by molar-refractivity contribution is -0.00863. The summed E-state index contributed by atoms with van der Waals surface area (Å²) in [5, 5.41) is 17.2. The first-order valence-corrected chi connectivity index (χ1v) is 3.23. The van der Waals surface area contributed by atoms with Crippen LogP contribution in [0.25, 0.3) is 0 Å². The molecule has 3 nitrogen and oxygen atoms in total. The van der Waals surface area contributed by atoms with Gasteiger partial charge in [0.1, 0.15) is 6.10 Å².